The molecule has 0 spiro atoms. The van der Waals surface area contributed by atoms with Gasteiger partial charge >= 0.3 is 0 Å². The maximum Gasteiger partial charge on any atom is 0.219 e. The molecule has 4 nitrogen and oxygen atoms in total. The smallest absolute Gasteiger partial charge is 0.219 e. The summed E-state index contributed by atoms with van der Waals surface area (Å²) in [4.78, 5) is 8.28. The number of hydrogen-bond donors (Lipinski definition) is 0. The fourth-order valence-corrected chi connectivity index (χ4v) is 1.72. The van der Waals surface area contributed by atoms with Gasteiger partial charge in [-0.2, -0.15) is 4.98 Å². The van der Waals surface area contributed by atoms with Crippen LogP contribution in [0.3, 0.4) is 0 Å². The number of methoxy groups -OCH3 is 2. The van der Waals surface area contributed by atoms with Crippen molar-refractivity contribution in [3.8, 4) is 11.8 Å². The van der Waals surface area contributed by atoms with Crippen LogP contribution < -0.4 is 9.47 Å². The Morgan fingerprint density at radius 2 is 1.94 bits per heavy atom. The lowest BCUT2D eigenvalue weighted by Gasteiger charge is -2.08. The van der Waals surface area contributed by atoms with Crippen LogP contribution in [-0.2, 0) is 6.42 Å². The van der Waals surface area contributed by atoms with Gasteiger partial charge in [0.1, 0.15) is 5.15 Å². The van der Waals surface area contributed by atoms with Gasteiger partial charge in [0.2, 0.25) is 11.8 Å². The summed E-state index contributed by atoms with van der Waals surface area (Å²) in [5, 5.41) is 0.485. The van der Waals surface area contributed by atoms with Crippen molar-refractivity contribution in [3.63, 3.8) is 0 Å². The number of hydrogen-bond acceptors (Lipinski definition) is 4. The molecule has 0 N–H and O–H groups in total. The molecule has 0 aliphatic heterocycles. The van der Waals surface area contributed by atoms with Crippen LogP contribution in [0.2, 0.25) is 5.15 Å². The fraction of sp³-hybridized carbons (Fsp3) is 0.231. The predicted octanol–water partition coefficient (Wildman–Crippen LogP) is 2.74. The van der Waals surface area contributed by atoms with Crippen molar-refractivity contribution >= 4 is 11.6 Å². The van der Waals surface area contributed by atoms with Gasteiger partial charge in [-0.05, 0) is 17.7 Å². The van der Waals surface area contributed by atoms with Gasteiger partial charge in [-0.1, -0.05) is 17.7 Å². The second-order valence-electron chi connectivity index (χ2n) is 3.69. The molecule has 0 amide bonds. The minimum atomic E-state index is 0.485. The maximum atomic E-state index is 5.75. The third kappa shape index (κ3) is 2.90. The van der Waals surface area contributed by atoms with E-state index in [2.05, 4.69) is 9.97 Å². The highest BCUT2D eigenvalue weighted by molar-refractivity contribution is 6.29. The number of halogens is 1. The molecule has 0 atom stereocenters. The number of nitrogens with zero attached hydrogens (tertiary/aromatic N) is 2. The second kappa shape index (κ2) is 5.69. The molecular formula is C13H13ClN2O2. The van der Waals surface area contributed by atoms with E-state index in [1.165, 1.54) is 0 Å². The molecule has 0 radical (unpaired) electrons. The summed E-state index contributed by atoms with van der Waals surface area (Å²) in [6.45, 7) is 0. The number of aromatic nitrogens is 2. The Kier molecular flexibility index (Phi) is 3.99. The molecule has 94 valence electrons. The van der Waals surface area contributed by atoms with E-state index < -0.39 is 0 Å². The van der Waals surface area contributed by atoms with Crippen molar-refractivity contribution in [1.82, 2.24) is 9.97 Å². The lowest BCUT2D eigenvalue weighted by atomic mass is 10.1. The van der Waals surface area contributed by atoms with E-state index in [1.807, 2.05) is 12.1 Å². The molecule has 5 heteroatoms. The monoisotopic (exact) mass is 264 g/mol. The normalized spacial score (nSPS) is 10.2. The van der Waals surface area contributed by atoms with Gasteiger partial charge in [-0.3, -0.25) is 0 Å². The summed E-state index contributed by atoms with van der Waals surface area (Å²) in [7, 11) is 3.16. The molecule has 0 saturated heterocycles. The summed E-state index contributed by atoms with van der Waals surface area (Å²) >= 11 is 5.75. The second-order valence-corrected chi connectivity index (χ2v) is 4.08. The van der Waals surface area contributed by atoms with Crippen LogP contribution in [0, 0.1) is 0 Å². The maximum absolute atomic E-state index is 5.75. The lowest BCUT2D eigenvalue weighted by molar-refractivity contribution is 0.362. The number of rotatable bonds is 4. The molecule has 0 saturated carbocycles. The SMILES string of the molecule is COc1ccc(Cc2ccc(Cl)nc2)c(OC)n1. The largest absolute Gasteiger partial charge is 0.481 e. The van der Waals surface area contributed by atoms with Gasteiger partial charge in [-0.25, -0.2) is 4.98 Å². The van der Waals surface area contributed by atoms with E-state index in [4.69, 9.17) is 21.1 Å². The Labute approximate surface area is 111 Å². The molecule has 0 fully saturated rings. The first-order valence-corrected chi connectivity index (χ1v) is 5.79. The van der Waals surface area contributed by atoms with Crippen molar-refractivity contribution in [3.05, 3.63) is 46.7 Å². The predicted molar refractivity (Wildman–Crippen MR) is 69.4 cm³/mol. The van der Waals surface area contributed by atoms with Crippen molar-refractivity contribution in [2.45, 2.75) is 6.42 Å². The van der Waals surface area contributed by atoms with Gasteiger partial charge in [0, 0.05) is 24.2 Å². The van der Waals surface area contributed by atoms with Crippen LogP contribution in [0.4, 0.5) is 0 Å². The zero-order chi connectivity index (χ0) is 13.0. The van der Waals surface area contributed by atoms with Crippen LogP contribution >= 0.6 is 11.6 Å². The molecule has 0 aliphatic carbocycles. The van der Waals surface area contributed by atoms with Crippen LogP contribution in [0.25, 0.3) is 0 Å². The van der Waals surface area contributed by atoms with E-state index in [0.29, 0.717) is 23.3 Å². The van der Waals surface area contributed by atoms with Gasteiger partial charge < -0.3 is 9.47 Å². The standard InChI is InChI=1S/C13H13ClN2O2/c1-17-12-6-4-10(13(16-12)18-2)7-9-3-5-11(14)15-8-9/h3-6,8H,7H2,1-2H3. The van der Waals surface area contributed by atoms with Crippen molar-refractivity contribution in [2.75, 3.05) is 14.2 Å². The van der Waals surface area contributed by atoms with Crippen LogP contribution in [0.15, 0.2) is 30.5 Å². The minimum Gasteiger partial charge on any atom is -0.481 e. The first-order chi connectivity index (χ1) is 8.72. The van der Waals surface area contributed by atoms with E-state index in [-0.39, 0.29) is 0 Å². The lowest BCUT2D eigenvalue weighted by Crippen LogP contribution is -1.98. The summed E-state index contributed by atoms with van der Waals surface area (Å²) in [6.07, 6.45) is 2.43. The van der Waals surface area contributed by atoms with E-state index in [1.54, 1.807) is 32.5 Å². The highest BCUT2D eigenvalue weighted by atomic mass is 35.5. The molecule has 18 heavy (non-hydrogen) atoms. The summed E-state index contributed by atoms with van der Waals surface area (Å²) in [5.74, 6) is 1.09. The van der Waals surface area contributed by atoms with Crippen LogP contribution in [0.1, 0.15) is 11.1 Å². The van der Waals surface area contributed by atoms with E-state index in [0.717, 1.165) is 11.1 Å². The van der Waals surface area contributed by atoms with Gasteiger partial charge in [0.05, 0.1) is 14.2 Å². The van der Waals surface area contributed by atoms with Crippen molar-refractivity contribution < 1.29 is 9.47 Å². The Morgan fingerprint density at radius 1 is 1.11 bits per heavy atom. The fourth-order valence-electron chi connectivity index (χ4n) is 1.61. The molecule has 0 aromatic carbocycles. The number of ether oxygens (including phenoxy) is 2. The number of pyridine rings is 2. The third-order valence-corrected chi connectivity index (χ3v) is 2.72. The average molecular weight is 265 g/mol. The molecule has 2 aromatic rings. The van der Waals surface area contributed by atoms with Crippen LogP contribution in [0.5, 0.6) is 11.8 Å². The molecule has 2 rings (SSSR count). The Morgan fingerprint density at radius 3 is 2.56 bits per heavy atom. The third-order valence-electron chi connectivity index (χ3n) is 2.50. The molecule has 0 unspecified atom stereocenters. The van der Waals surface area contributed by atoms with E-state index >= 15 is 0 Å². The molecule has 2 aromatic heterocycles. The van der Waals surface area contributed by atoms with Gasteiger partial charge in [0.15, 0.2) is 0 Å². The molecule has 0 aliphatic rings. The molecular weight excluding hydrogens is 252 g/mol. The highest BCUT2D eigenvalue weighted by Crippen LogP contribution is 2.22. The zero-order valence-electron chi connectivity index (χ0n) is 10.2. The van der Waals surface area contributed by atoms with Gasteiger partial charge in [0.25, 0.3) is 0 Å². The Bertz CT molecular complexity index is 529. The first-order valence-electron chi connectivity index (χ1n) is 5.41. The summed E-state index contributed by atoms with van der Waals surface area (Å²) in [5.41, 5.74) is 2.02. The molecule has 2 heterocycles. The van der Waals surface area contributed by atoms with Crippen molar-refractivity contribution in [2.24, 2.45) is 0 Å². The highest BCUT2D eigenvalue weighted by Gasteiger charge is 2.07. The van der Waals surface area contributed by atoms with E-state index in [9.17, 15) is 0 Å². The Hall–Kier alpha value is -1.81. The average Bonchev–Trinajstić information content (AvgIpc) is 2.41. The Balaban J connectivity index is 2.25. The zero-order valence-corrected chi connectivity index (χ0v) is 10.9. The topological polar surface area (TPSA) is 44.2 Å². The molecule has 0 bridgehead atoms. The summed E-state index contributed by atoms with van der Waals surface area (Å²) < 4.78 is 10.3. The summed E-state index contributed by atoms with van der Waals surface area (Å²) in [6, 6.07) is 7.43. The van der Waals surface area contributed by atoms with Crippen LogP contribution in [-0.4, -0.2) is 24.2 Å². The first kappa shape index (κ1) is 12.6. The minimum absolute atomic E-state index is 0.485. The van der Waals surface area contributed by atoms with Gasteiger partial charge in [-0.15, -0.1) is 0 Å². The van der Waals surface area contributed by atoms with Crippen molar-refractivity contribution in [1.29, 1.82) is 0 Å². The quantitative estimate of drug-likeness (QED) is 0.797.